The molecular weight excluding hydrogens is 358 g/mol. The van der Waals surface area contributed by atoms with Crippen molar-refractivity contribution in [2.45, 2.75) is 65.2 Å². The fraction of sp³-hybridized carbons (Fsp3) is 0.636. The Labute approximate surface area is 167 Å². The van der Waals surface area contributed by atoms with E-state index in [1.54, 1.807) is 0 Å². The number of carbonyl (C=O) groups excluding carboxylic acids is 2. The number of aliphatic hydroxyl groups is 2. The average Bonchev–Trinajstić information content (AvgIpc) is 2.94. The second-order valence-corrected chi connectivity index (χ2v) is 8.55. The maximum atomic E-state index is 13.3. The number of hydrogen-bond acceptors (Lipinski definition) is 5. The van der Waals surface area contributed by atoms with Crippen molar-refractivity contribution in [3.05, 3.63) is 35.9 Å². The second kappa shape index (κ2) is 10.0. The Morgan fingerprint density at radius 1 is 1.07 bits per heavy atom. The molecule has 1 aliphatic heterocycles. The largest absolute Gasteiger partial charge is 0.447 e. The van der Waals surface area contributed by atoms with Gasteiger partial charge in [-0.15, -0.1) is 0 Å². The van der Waals surface area contributed by atoms with Gasteiger partial charge in [0.1, 0.15) is 6.61 Å². The van der Waals surface area contributed by atoms with Crippen molar-refractivity contribution < 1.29 is 24.5 Å². The number of benzene rings is 1. The molecule has 0 spiro atoms. The predicted molar refractivity (Wildman–Crippen MR) is 107 cm³/mol. The van der Waals surface area contributed by atoms with Gasteiger partial charge in [-0.1, -0.05) is 58.0 Å². The molecule has 0 bridgehead atoms. The van der Waals surface area contributed by atoms with Crippen LogP contribution in [-0.4, -0.2) is 52.0 Å². The molecule has 2 N–H and O–H groups in total. The number of cyclic esters (lactones) is 1. The van der Waals surface area contributed by atoms with Crippen LogP contribution in [0.4, 0.5) is 4.79 Å². The lowest BCUT2D eigenvalue weighted by Gasteiger charge is -2.32. The summed E-state index contributed by atoms with van der Waals surface area (Å²) in [6.07, 6.45) is -1.52. The number of aliphatic hydroxyl groups excluding tert-OH is 2. The molecule has 1 aromatic rings. The minimum absolute atomic E-state index is 0.118. The van der Waals surface area contributed by atoms with E-state index in [-0.39, 0.29) is 18.4 Å². The molecular formula is C22H33NO5. The van der Waals surface area contributed by atoms with Crippen LogP contribution in [0.5, 0.6) is 0 Å². The second-order valence-electron chi connectivity index (χ2n) is 8.55. The number of amides is 2. The quantitative estimate of drug-likeness (QED) is 0.676. The van der Waals surface area contributed by atoms with Crippen LogP contribution in [0.25, 0.3) is 0 Å². The monoisotopic (exact) mass is 391 g/mol. The number of imide groups is 1. The summed E-state index contributed by atoms with van der Waals surface area (Å²) in [5.74, 6) is -1.29. The summed E-state index contributed by atoms with van der Waals surface area (Å²) in [5.41, 5.74) is 0.991. The Morgan fingerprint density at radius 3 is 2.11 bits per heavy atom. The fourth-order valence-electron chi connectivity index (χ4n) is 3.77. The highest BCUT2D eigenvalue weighted by Crippen LogP contribution is 2.27. The summed E-state index contributed by atoms with van der Waals surface area (Å²) in [6.45, 7) is 7.90. The highest BCUT2D eigenvalue weighted by molar-refractivity contribution is 5.95. The Hall–Kier alpha value is -1.92. The molecule has 2 rings (SSSR count). The van der Waals surface area contributed by atoms with Crippen molar-refractivity contribution in [1.29, 1.82) is 0 Å². The van der Waals surface area contributed by atoms with Crippen LogP contribution in [0, 0.1) is 17.8 Å². The van der Waals surface area contributed by atoms with E-state index in [1.807, 2.05) is 58.0 Å². The van der Waals surface area contributed by atoms with Gasteiger partial charge < -0.3 is 14.9 Å². The predicted octanol–water partition coefficient (Wildman–Crippen LogP) is 3.01. The molecule has 1 aromatic carbocycles. The van der Waals surface area contributed by atoms with Gasteiger partial charge in [-0.3, -0.25) is 4.79 Å². The summed E-state index contributed by atoms with van der Waals surface area (Å²) in [5, 5.41) is 21.4. The van der Waals surface area contributed by atoms with E-state index in [0.717, 1.165) is 10.5 Å². The van der Waals surface area contributed by atoms with E-state index in [9.17, 15) is 19.8 Å². The van der Waals surface area contributed by atoms with Crippen LogP contribution in [0.3, 0.4) is 0 Å². The molecule has 6 heteroatoms. The molecule has 0 aromatic heterocycles. The Bertz CT molecular complexity index is 630. The van der Waals surface area contributed by atoms with Gasteiger partial charge in [-0.05, 0) is 36.7 Å². The van der Waals surface area contributed by atoms with Gasteiger partial charge in [0.2, 0.25) is 5.91 Å². The molecule has 156 valence electrons. The number of rotatable bonds is 9. The molecule has 6 nitrogen and oxygen atoms in total. The summed E-state index contributed by atoms with van der Waals surface area (Å²) in [6, 6.07) is 9.14. The minimum Gasteiger partial charge on any atom is -0.447 e. The zero-order valence-corrected chi connectivity index (χ0v) is 17.2. The average molecular weight is 392 g/mol. The van der Waals surface area contributed by atoms with E-state index < -0.39 is 36.2 Å². The first kappa shape index (κ1) is 22.4. The zero-order valence-electron chi connectivity index (χ0n) is 17.2. The minimum atomic E-state index is -1.05. The van der Waals surface area contributed by atoms with Crippen LogP contribution < -0.4 is 0 Å². The van der Waals surface area contributed by atoms with E-state index in [1.165, 1.54) is 0 Å². The van der Waals surface area contributed by atoms with E-state index in [2.05, 4.69) is 0 Å². The van der Waals surface area contributed by atoms with Gasteiger partial charge in [-0.2, -0.15) is 0 Å². The maximum Gasteiger partial charge on any atom is 0.416 e. The maximum absolute atomic E-state index is 13.3. The fourth-order valence-corrected chi connectivity index (χ4v) is 3.77. The van der Waals surface area contributed by atoms with Crippen molar-refractivity contribution in [2.75, 3.05) is 6.61 Å². The van der Waals surface area contributed by atoms with Crippen molar-refractivity contribution in [3.63, 3.8) is 0 Å². The molecule has 0 saturated carbocycles. The first-order chi connectivity index (χ1) is 13.2. The lowest BCUT2D eigenvalue weighted by molar-refractivity contribution is -0.143. The molecule has 3 atom stereocenters. The molecule has 28 heavy (non-hydrogen) atoms. The van der Waals surface area contributed by atoms with Crippen LogP contribution in [-0.2, 0) is 16.0 Å². The smallest absolute Gasteiger partial charge is 0.416 e. The lowest BCUT2D eigenvalue weighted by Crippen LogP contribution is -2.50. The summed E-state index contributed by atoms with van der Waals surface area (Å²) >= 11 is 0. The van der Waals surface area contributed by atoms with E-state index >= 15 is 0 Å². The molecule has 1 aliphatic rings. The SMILES string of the molecule is CC(C)C[C@@H](O)C(C(=O)N1C(=O)OC[C@@H]1Cc1ccccc1)[C@H](O)CC(C)C. The molecule has 1 heterocycles. The Kier molecular flexibility index (Phi) is 8.01. The number of ether oxygens (including phenoxy) is 1. The van der Waals surface area contributed by atoms with E-state index in [0.29, 0.717) is 19.3 Å². The van der Waals surface area contributed by atoms with Gasteiger partial charge in [0.25, 0.3) is 0 Å². The third kappa shape index (κ3) is 5.79. The number of nitrogens with zero attached hydrogens (tertiary/aromatic N) is 1. The molecule has 2 amide bonds. The van der Waals surface area contributed by atoms with Gasteiger partial charge >= 0.3 is 6.09 Å². The Balaban J connectivity index is 2.24. The van der Waals surface area contributed by atoms with Crippen molar-refractivity contribution in [1.82, 2.24) is 4.90 Å². The van der Waals surface area contributed by atoms with Crippen molar-refractivity contribution in [2.24, 2.45) is 17.8 Å². The van der Waals surface area contributed by atoms with Crippen molar-refractivity contribution >= 4 is 12.0 Å². The first-order valence-corrected chi connectivity index (χ1v) is 10.1. The van der Waals surface area contributed by atoms with Crippen LogP contribution in [0.15, 0.2) is 30.3 Å². The topological polar surface area (TPSA) is 87.1 Å². The summed E-state index contributed by atoms with van der Waals surface area (Å²) in [4.78, 5) is 26.7. The lowest BCUT2D eigenvalue weighted by atomic mass is 9.85. The number of carbonyl (C=O) groups is 2. The van der Waals surface area contributed by atoms with Gasteiger partial charge in [0, 0.05) is 0 Å². The molecule has 1 fully saturated rings. The van der Waals surface area contributed by atoms with Crippen molar-refractivity contribution in [3.8, 4) is 0 Å². The van der Waals surface area contributed by atoms with Crippen LogP contribution >= 0.6 is 0 Å². The molecule has 1 saturated heterocycles. The van der Waals surface area contributed by atoms with Crippen LogP contribution in [0.1, 0.15) is 46.1 Å². The molecule has 0 aliphatic carbocycles. The molecule has 0 radical (unpaired) electrons. The standard InChI is InChI=1S/C22H33NO5/c1-14(2)10-18(24)20(19(25)11-15(3)4)21(26)23-17(13-28-22(23)27)12-16-8-6-5-7-9-16/h5-9,14-15,17-20,24-25H,10-13H2,1-4H3/t17-,18+,19+/m0/s1. The van der Waals surface area contributed by atoms with E-state index in [4.69, 9.17) is 4.74 Å². The third-order valence-corrected chi connectivity index (χ3v) is 5.05. The normalized spacial score (nSPS) is 19.4. The zero-order chi connectivity index (χ0) is 20.8. The highest BCUT2D eigenvalue weighted by Gasteiger charge is 2.45. The molecule has 0 unspecified atom stereocenters. The number of hydrogen-bond donors (Lipinski definition) is 2. The first-order valence-electron chi connectivity index (χ1n) is 10.1. The van der Waals surface area contributed by atoms with Gasteiger partial charge in [0.15, 0.2) is 0 Å². The summed E-state index contributed by atoms with van der Waals surface area (Å²) < 4.78 is 5.15. The van der Waals surface area contributed by atoms with Gasteiger partial charge in [-0.25, -0.2) is 9.69 Å². The Morgan fingerprint density at radius 2 is 1.61 bits per heavy atom. The third-order valence-electron chi connectivity index (χ3n) is 5.05. The summed E-state index contributed by atoms with van der Waals surface area (Å²) in [7, 11) is 0. The van der Waals surface area contributed by atoms with Gasteiger partial charge in [0.05, 0.1) is 24.2 Å². The highest BCUT2D eigenvalue weighted by atomic mass is 16.6. The van der Waals surface area contributed by atoms with Crippen LogP contribution in [0.2, 0.25) is 0 Å².